The van der Waals surface area contributed by atoms with Crippen LogP contribution in [0.1, 0.15) is 16.8 Å². The Hall–Kier alpha value is -2.27. The fourth-order valence-electron chi connectivity index (χ4n) is 2.17. The highest BCUT2D eigenvalue weighted by Crippen LogP contribution is 2.21. The van der Waals surface area contributed by atoms with Gasteiger partial charge < -0.3 is 5.73 Å². The van der Waals surface area contributed by atoms with Crippen molar-refractivity contribution in [1.82, 2.24) is 14.5 Å². The Morgan fingerprint density at radius 1 is 1.15 bits per heavy atom. The van der Waals surface area contributed by atoms with Crippen LogP contribution in [0.5, 0.6) is 0 Å². The number of pyridine rings is 1. The van der Waals surface area contributed by atoms with Crippen molar-refractivity contribution in [3.05, 3.63) is 53.6 Å². The number of aromatic nitrogens is 3. The van der Waals surface area contributed by atoms with E-state index in [9.17, 15) is 0 Å². The summed E-state index contributed by atoms with van der Waals surface area (Å²) in [5.41, 5.74) is 11.7. The second-order valence-corrected chi connectivity index (χ2v) is 5.24. The van der Waals surface area contributed by atoms with E-state index in [2.05, 4.69) is 35.9 Å². The average Bonchev–Trinajstić information content (AvgIpc) is 2.82. The maximum atomic E-state index is 5.64. The SMILES string of the molecule is Cc1cc2ncn(-c3ccnc(C(N)=S)c3)c2cc1C. The molecule has 2 N–H and O–H groups in total. The van der Waals surface area contributed by atoms with Gasteiger partial charge in [-0.25, -0.2) is 4.98 Å². The minimum atomic E-state index is 0.295. The minimum absolute atomic E-state index is 0.295. The Morgan fingerprint density at radius 3 is 2.65 bits per heavy atom. The maximum Gasteiger partial charge on any atom is 0.122 e. The Balaban J connectivity index is 2.22. The van der Waals surface area contributed by atoms with Crippen LogP contribution in [0.15, 0.2) is 36.8 Å². The van der Waals surface area contributed by atoms with Gasteiger partial charge in [0.05, 0.1) is 22.4 Å². The summed E-state index contributed by atoms with van der Waals surface area (Å²) in [5.74, 6) is 0. The molecule has 0 bridgehead atoms. The molecule has 3 aromatic rings. The first-order valence-corrected chi connectivity index (χ1v) is 6.67. The van der Waals surface area contributed by atoms with Gasteiger partial charge in [-0.3, -0.25) is 9.55 Å². The van der Waals surface area contributed by atoms with Crippen LogP contribution in [0.4, 0.5) is 0 Å². The number of nitrogens with zero attached hydrogens (tertiary/aromatic N) is 3. The van der Waals surface area contributed by atoms with Crippen LogP contribution in [-0.4, -0.2) is 19.5 Å². The molecule has 0 amide bonds. The highest BCUT2D eigenvalue weighted by Gasteiger charge is 2.08. The zero-order valence-corrected chi connectivity index (χ0v) is 12.1. The van der Waals surface area contributed by atoms with E-state index in [0.717, 1.165) is 16.7 Å². The molecule has 4 nitrogen and oxygen atoms in total. The normalized spacial score (nSPS) is 10.9. The first kappa shape index (κ1) is 12.7. The van der Waals surface area contributed by atoms with Crippen LogP contribution < -0.4 is 5.73 Å². The molecule has 0 spiro atoms. The molecule has 100 valence electrons. The molecule has 2 aromatic heterocycles. The predicted octanol–water partition coefficient (Wildman–Crippen LogP) is 2.67. The number of imidazole rings is 1. The minimum Gasteiger partial charge on any atom is -0.388 e. The lowest BCUT2D eigenvalue weighted by molar-refractivity contribution is 1.08. The van der Waals surface area contributed by atoms with Crippen molar-refractivity contribution in [2.24, 2.45) is 5.73 Å². The van der Waals surface area contributed by atoms with Crippen molar-refractivity contribution in [2.45, 2.75) is 13.8 Å². The van der Waals surface area contributed by atoms with E-state index in [1.807, 2.05) is 23.0 Å². The van der Waals surface area contributed by atoms with Gasteiger partial charge in [0.15, 0.2) is 0 Å². The third-order valence-corrected chi connectivity index (χ3v) is 3.65. The predicted molar refractivity (Wildman–Crippen MR) is 84.2 cm³/mol. The van der Waals surface area contributed by atoms with Crippen molar-refractivity contribution in [1.29, 1.82) is 0 Å². The number of hydrogen-bond donors (Lipinski definition) is 1. The van der Waals surface area contributed by atoms with Crippen molar-refractivity contribution in [3.63, 3.8) is 0 Å². The van der Waals surface area contributed by atoms with Crippen LogP contribution >= 0.6 is 12.2 Å². The zero-order valence-electron chi connectivity index (χ0n) is 11.3. The molecule has 0 unspecified atom stereocenters. The van der Waals surface area contributed by atoms with Crippen molar-refractivity contribution < 1.29 is 0 Å². The molecule has 20 heavy (non-hydrogen) atoms. The van der Waals surface area contributed by atoms with Gasteiger partial charge in [0.25, 0.3) is 0 Å². The summed E-state index contributed by atoms with van der Waals surface area (Å²) < 4.78 is 2.02. The van der Waals surface area contributed by atoms with Crippen LogP contribution in [0.2, 0.25) is 0 Å². The molecule has 0 radical (unpaired) electrons. The number of hydrogen-bond acceptors (Lipinski definition) is 3. The lowest BCUT2D eigenvalue weighted by Gasteiger charge is -2.07. The summed E-state index contributed by atoms with van der Waals surface area (Å²) in [6, 6.07) is 8.02. The van der Waals surface area contributed by atoms with Gasteiger partial charge in [-0.1, -0.05) is 12.2 Å². The monoisotopic (exact) mass is 282 g/mol. The second-order valence-electron chi connectivity index (χ2n) is 4.80. The van der Waals surface area contributed by atoms with Crippen LogP contribution in [0, 0.1) is 13.8 Å². The molecule has 0 aliphatic heterocycles. The highest BCUT2D eigenvalue weighted by atomic mass is 32.1. The van der Waals surface area contributed by atoms with Crippen LogP contribution in [0.3, 0.4) is 0 Å². The smallest absolute Gasteiger partial charge is 0.122 e. The maximum absolute atomic E-state index is 5.64. The molecule has 1 aromatic carbocycles. The molecule has 3 rings (SSSR count). The van der Waals surface area contributed by atoms with E-state index in [1.165, 1.54) is 11.1 Å². The number of fused-ring (bicyclic) bond motifs is 1. The van der Waals surface area contributed by atoms with E-state index in [4.69, 9.17) is 18.0 Å². The second kappa shape index (κ2) is 4.68. The first-order chi connectivity index (χ1) is 9.56. The quantitative estimate of drug-likeness (QED) is 0.734. The third-order valence-electron chi connectivity index (χ3n) is 3.44. The molecule has 5 heteroatoms. The van der Waals surface area contributed by atoms with Gasteiger partial charge >= 0.3 is 0 Å². The van der Waals surface area contributed by atoms with Crippen LogP contribution in [0.25, 0.3) is 16.7 Å². The van der Waals surface area contributed by atoms with Gasteiger partial charge in [-0.2, -0.15) is 0 Å². The topological polar surface area (TPSA) is 56.7 Å². The average molecular weight is 282 g/mol. The largest absolute Gasteiger partial charge is 0.388 e. The van der Waals surface area contributed by atoms with E-state index in [1.54, 1.807) is 6.20 Å². The molecule has 0 fully saturated rings. The third kappa shape index (κ3) is 2.06. The molecular weight excluding hydrogens is 268 g/mol. The van der Waals surface area contributed by atoms with Gasteiger partial charge in [0, 0.05) is 6.20 Å². The number of aryl methyl sites for hydroxylation is 2. The summed E-state index contributed by atoms with van der Waals surface area (Å²) >= 11 is 4.98. The fourth-order valence-corrected chi connectivity index (χ4v) is 2.29. The van der Waals surface area contributed by atoms with Crippen molar-refractivity contribution >= 4 is 28.2 Å². The van der Waals surface area contributed by atoms with Crippen LogP contribution in [-0.2, 0) is 0 Å². The molecular formula is C15H14N4S. The summed E-state index contributed by atoms with van der Waals surface area (Å²) in [6.07, 6.45) is 3.51. The Morgan fingerprint density at radius 2 is 1.90 bits per heavy atom. The first-order valence-electron chi connectivity index (χ1n) is 6.27. The molecule has 0 atom stereocenters. The van der Waals surface area contributed by atoms with Gasteiger partial charge in [0.1, 0.15) is 11.3 Å². The van der Waals surface area contributed by atoms with Crippen molar-refractivity contribution in [2.75, 3.05) is 0 Å². The summed E-state index contributed by atoms with van der Waals surface area (Å²) in [7, 11) is 0. The molecule has 0 aliphatic carbocycles. The summed E-state index contributed by atoms with van der Waals surface area (Å²) in [5, 5.41) is 0. The number of benzene rings is 1. The van der Waals surface area contributed by atoms with E-state index < -0.39 is 0 Å². The Kier molecular flexibility index (Phi) is 2.99. The highest BCUT2D eigenvalue weighted by molar-refractivity contribution is 7.80. The lowest BCUT2D eigenvalue weighted by Crippen LogP contribution is -2.11. The van der Waals surface area contributed by atoms with Gasteiger partial charge in [-0.05, 0) is 49.2 Å². The van der Waals surface area contributed by atoms with Crippen molar-refractivity contribution in [3.8, 4) is 5.69 Å². The van der Waals surface area contributed by atoms with Gasteiger partial charge in [-0.15, -0.1) is 0 Å². The standard InChI is InChI=1S/C15H14N4S/c1-9-5-12-14(6-10(9)2)19(8-18-12)11-3-4-17-13(7-11)15(16)20/h3-8H,1-2H3,(H2,16,20). The molecule has 2 heterocycles. The number of thiocarbonyl (C=S) groups is 1. The summed E-state index contributed by atoms with van der Waals surface area (Å²) in [4.78, 5) is 8.91. The molecule has 0 saturated heterocycles. The number of nitrogens with two attached hydrogens (primary N) is 1. The number of rotatable bonds is 2. The summed E-state index contributed by atoms with van der Waals surface area (Å²) in [6.45, 7) is 4.18. The fraction of sp³-hybridized carbons (Fsp3) is 0.133. The van der Waals surface area contributed by atoms with E-state index in [-0.39, 0.29) is 0 Å². The molecule has 0 saturated carbocycles. The molecule has 0 aliphatic rings. The Labute approximate surface area is 122 Å². The zero-order chi connectivity index (χ0) is 14.3. The van der Waals surface area contributed by atoms with E-state index in [0.29, 0.717) is 10.7 Å². The van der Waals surface area contributed by atoms with Gasteiger partial charge in [0.2, 0.25) is 0 Å². The Bertz CT molecular complexity index is 820. The van der Waals surface area contributed by atoms with E-state index >= 15 is 0 Å². The lowest BCUT2D eigenvalue weighted by atomic mass is 10.1.